The van der Waals surface area contributed by atoms with Gasteiger partial charge in [-0.05, 0) is 25.5 Å². The van der Waals surface area contributed by atoms with Crippen LogP contribution in [0.2, 0.25) is 0 Å². The molecular formula is C15H21F3N2O. The molecule has 6 heteroatoms. The van der Waals surface area contributed by atoms with Crippen LogP contribution in [0.3, 0.4) is 0 Å². The number of morpholine rings is 1. The summed E-state index contributed by atoms with van der Waals surface area (Å²) in [7, 11) is 0. The van der Waals surface area contributed by atoms with Crippen LogP contribution in [-0.4, -0.2) is 36.2 Å². The summed E-state index contributed by atoms with van der Waals surface area (Å²) < 4.78 is 44.0. The van der Waals surface area contributed by atoms with E-state index >= 15 is 0 Å². The summed E-state index contributed by atoms with van der Waals surface area (Å²) in [6.07, 6.45) is -4.39. The molecule has 1 aliphatic rings. The molecule has 0 aliphatic carbocycles. The van der Waals surface area contributed by atoms with E-state index in [0.29, 0.717) is 31.7 Å². The fraction of sp³-hybridized carbons (Fsp3) is 0.600. The zero-order chi connectivity index (χ0) is 15.7. The second-order valence-electron chi connectivity index (χ2n) is 6.10. The molecule has 2 N–H and O–H groups in total. The molecule has 21 heavy (non-hydrogen) atoms. The van der Waals surface area contributed by atoms with Gasteiger partial charge in [0.05, 0.1) is 17.3 Å². The summed E-state index contributed by atoms with van der Waals surface area (Å²) in [6, 6.07) is 5.47. The van der Waals surface area contributed by atoms with Crippen LogP contribution in [0.15, 0.2) is 24.3 Å². The maximum atomic E-state index is 12.7. The van der Waals surface area contributed by atoms with Crippen molar-refractivity contribution in [1.29, 1.82) is 0 Å². The van der Waals surface area contributed by atoms with Gasteiger partial charge in [0.15, 0.2) is 0 Å². The highest BCUT2D eigenvalue weighted by Gasteiger charge is 2.33. The Bertz CT molecular complexity index is 488. The first kappa shape index (κ1) is 16.3. The van der Waals surface area contributed by atoms with Gasteiger partial charge in [0.1, 0.15) is 0 Å². The van der Waals surface area contributed by atoms with E-state index < -0.39 is 11.7 Å². The van der Waals surface area contributed by atoms with E-state index in [-0.39, 0.29) is 11.7 Å². The third-order valence-electron chi connectivity index (χ3n) is 3.48. The Morgan fingerprint density at radius 3 is 2.71 bits per heavy atom. The van der Waals surface area contributed by atoms with Gasteiger partial charge in [-0.15, -0.1) is 0 Å². The number of ether oxygens (including phenoxy) is 1. The van der Waals surface area contributed by atoms with Crippen molar-refractivity contribution in [2.75, 3.05) is 19.6 Å². The lowest BCUT2D eigenvalue weighted by Crippen LogP contribution is -2.54. The van der Waals surface area contributed by atoms with Gasteiger partial charge in [0.25, 0.3) is 0 Å². The lowest BCUT2D eigenvalue weighted by Gasteiger charge is -2.42. The van der Waals surface area contributed by atoms with Crippen molar-refractivity contribution < 1.29 is 17.9 Å². The minimum absolute atomic E-state index is 0.0838. The van der Waals surface area contributed by atoms with E-state index in [1.54, 1.807) is 6.07 Å². The molecule has 2 rings (SSSR count). The quantitative estimate of drug-likeness (QED) is 0.933. The molecule has 0 bridgehead atoms. The van der Waals surface area contributed by atoms with Crippen LogP contribution in [0.5, 0.6) is 0 Å². The highest BCUT2D eigenvalue weighted by Crippen LogP contribution is 2.30. The topological polar surface area (TPSA) is 38.5 Å². The largest absolute Gasteiger partial charge is 0.416 e. The summed E-state index contributed by atoms with van der Waals surface area (Å²) in [5, 5.41) is 0. The van der Waals surface area contributed by atoms with Crippen LogP contribution in [0, 0.1) is 0 Å². The first-order valence-corrected chi connectivity index (χ1v) is 6.96. The van der Waals surface area contributed by atoms with Gasteiger partial charge in [-0.2, -0.15) is 13.2 Å². The van der Waals surface area contributed by atoms with E-state index in [1.807, 2.05) is 13.8 Å². The van der Waals surface area contributed by atoms with E-state index in [0.717, 1.165) is 6.07 Å². The molecular weight excluding hydrogens is 281 g/mol. The highest BCUT2D eigenvalue weighted by atomic mass is 19.4. The molecule has 0 amide bonds. The second-order valence-corrected chi connectivity index (χ2v) is 6.10. The van der Waals surface area contributed by atoms with E-state index in [9.17, 15) is 13.2 Å². The van der Waals surface area contributed by atoms with Gasteiger partial charge >= 0.3 is 6.18 Å². The number of hydrogen-bond acceptors (Lipinski definition) is 3. The Kier molecular flexibility index (Phi) is 4.60. The van der Waals surface area contributed by atoms with Gasteiger partial charge in [-0.3, -0.25) is 4.90 Å². The summed E-state index contributed by atoms with van der Waals surface area (Å²) in [4.78, 5) is 2.09. The zero-order valence-corrected chi connectivity index (χ0v) is 12.3. The zero-order valence-electron chi connectivity index (χ0n) is 12.3. The molecule has 1 aliphatic heterocycles. The van der Waals surface area contributed by atoms with Crippen molar-refractivity contribution in [2.45, 2.75) is 38.3 Å². The van der Waals surface area contributed by atoms with Crippen molar-refractivity contribution in [2.24, 2.45) is 5.73 Å². The van der Waals surface area contributed by atoms with Crippen LogP contribution < -0.4 is 5.73 Å². The minimum Gasteiger partial charge on any atom is -0.368 e. The first-order chi connectivity index (χ1) is 9.69. The summed E-state index contributed by atoms with van der Waals surface area (Å²) in [6.45, 7) is 6.10. The molecule has 1 aromatic carbocycles. The van der Waals surface area contributed by atoms with E-state index in [2.05, 4.69) is 4.90 Å². The predicted molar refractivity (Wildman–Crippen MR) is 74.7 cm³/mol. The highest BCUT2D eigenvalue weighted by molar-refractivity contribution is 5.25. The normalized spacial score (nSPS) is 23.2. The van der Waals surface area contributed by atoms with Gasteiger partial charge in [0, 0.05) is 26.2 Å². The molecule has 118 valence electrons. The average Bonchev–Trinajstić information content (AvgIpc) is 2.36. The van der Waals surface area contributed by atoms with Crippen LogP contribution in [0.25, 0.3) is 0 Å². The van der Waals surface area contributed by atoms with Gasteiger partial charge in [-0.1, -0.05) is 18.2 Å². The molecule has 3 nitrogen and oxygen atoms in total. The maximum absolute atomic E-state index is 12.7. The fourth-order valence-electron chi connectivity index (χ4n) is 2.76. The summed E-state index contributed by atoms with van der Waals surface area (Å²) in [5.74, 6) is 0. The monoisotopic (exact) mass is 302 g/mol. The Morgan fingerprint density at radius 1 is 1.38 bits per heavy atom. The number of alkyl halides is 3. The van der Waals surface area contributed by atoms with Crippen LogP contribution in [0.1, 0.15) is 25.0 Å². The standard InChI is InChI=1S/C15H21F3N2O/c1-14(2)10-20(9-13(7-19)21-14)8-11-4-3-5-12(6-11)15(16,17)18/h3-6,13H,7-10,19H2,1-2H3. The molecule has 0 spiro atoms. The number of benzene rings is 1. The van der Waals surface area contributed by atoms with Crippen LogP contribution >= 0.6 is 0 Å². The van der Waals surface area contributed by atoms with Gasteiger partial charge in [0.2, 0.25) is 0 Å². The third-order valence-corrected chi connectivity index (χ3v) is 3.48. The minimum atomic E-state index is -4.31. The van der Waals surface area contributed by atoms with Crippen molar-refractivity contribution in [1.82, 2.24) is 4.90 Å². The molecule has 1 saturated heterocycles. The molecule has 1 aromatic rings. The lowest BCUT2D eigenvalue weighted by atomic mass is 10.0. The molecule has 1 fully saturated rings. The summed E-state index contributed by atoms with van der Waals surface area (Å²) in [5.41, 5.74) is 5.36. The molecule has 1 atom stereocenters. The molecule has 0 saturated carbocycles. The van der Waals surface area contributed by atoms with E-state index in [4.69, 9.17) is 10.5 Å². The molecule has 0 aromatic heterocycles. The smallest absolute Gasteiger partial charge is 0.368 e. The van der Waals surface area contributed by atoms with Gasteiger partial charge in [-0.25, -0.2) is 0 Å². The fourth-order valence-corrected chi connectivity index (χ4v) is 2.76. The van der Waals surface area contributed by atoms with Crippen molar-refractivity contribution in [3.8, 4) is 0 Å². The van der Waals surface area contributed by atoms with Crippen molar-refractivity contribution in [3.63, 3.8) is 0 Å². The molecule has 1 heterocycles. The number of rotatable bonds is 3. The Balaban J connectivity index is 2.10. The van der Waals surface area contributed by atoms with Crippen LogP contribution in [-0.2, 0) is 17.5 Å². The predicted octanol–water partition coefficient (Wildman–Crippen LogP) is 2.64. The number of nitrogens with two attached hydrogens (primary N) is 1. The second kappa shape index (κ2) is 5.94. The summed E-state index contributed by atoms with van der Waals surface area (Å²) >= 11 is 0. The van der Waals surface area contributed by atoms with Gasteiger partial charge < -0.3 is 10.5 Å². The Hall–Kier alpha value is -1.11. The van der Waals surface area contributed by atoms with Crippen LogP contribution in [0.4, 0.5) is 13.2 Å². The number of halogens is 3. The molecule has 0 radical (unpaired) electrons. The number of nitrogens with zero attached hydrogens (tertiary/aromatic N) is 1. The lowest BCUT2D eigenvalue weighted by molar-refractivity contribution is -0.138. The van der Waals surface area contributed by atoms with Crippen molar-refractivity contribution >= 4 is 0 Å². The maximum Gasteiger partial charge on any atom is 0.416 e. The first-order valence-electron chi connectivity index (χ1n) is 6.96. The SMILES string of the molecule is CC1(C)CN(Cc2cccc(C(F)(F)F)c2)CC(CN)O1. The number of hydrogen-bond donors (Lipinski definition) is 1. The third kappa shape index (κ3) is 4.43. The van der Waals surface area contributed by atoms with Crippen molar-refractivity contribution in [3.05, 3.63) is 35.4 Å². The molecule has 1 unspecified atom stereocenters. The average molecular weight is 302 g/mol. The van der Waals surface area contributed by atoms with E-state index in [1.165, 1.54) is 12.1 Å². The Labute approximate surface area is 122 Å². The Morgan fingerprint density at radius 2 is 2.10 bits per heavy atom.